The number of hydrogen-bond acceptors (Lipinski definition) is 5. The molecule has 0 spiro atoms. The summed E-state index contributed by atoms with van der Waals surface area (Å²) in [4.78, 5) is 17.7. The Balaban J connectivity index is 1.63. The van der Waals surface area contributed by atoms with Gasteiger partial charge in [-0.1, -0.05) is 48.6 Å². The van der Waals surface area contributed by atoms with Gasteiger partial charge in [-0.2, -0.15) is 13.2 Å². The lowest BCUT2D eigenvalue weighted by Gasteiger charge is -2.26. The van der Waals surface area contributed by atoms with Crippen LogP contribution in [0.2, 0.25) is 24.8 Å². The summed E-state index contributed by atoms with van der Waals surface area (Å²) in [5, 5.41) is 5.38. The Hall–Kier alpha value is -2.50. The molecule has 0 fully saturated rings. The number of carbonyl (C=O) groups is 1. The molecule has 2 aromatic heterocycles. The van der Waals surface area contributed by atoms with Crippen molar-refractivity contribution >= 4 is 42.7 Å². The molecule has 0 atom stereocenters. The van der Waals surface area contributed by atoms with Gasteiger partial charge in [0.25, 0.3) is 5.91 Å². The maximum atomic E-state index is 13.0. The first-order valence-electron chi connectivity index (χ1n) is 10.7. The van der Waals surface area contributed by atoms with Crippen LogP contribution in [-0.2, 0) is 0 Å². The fourth-order valence-corrected chi connectivity index (χ4v) is 4.75. The zero-order valence-electron chi connectivity index (χ0n) is 19.9. The highest BCUT2D eigenvalue weighted by Gasteiger charge is 2.48. The quantitative estimate of drug-likeness (QED) is 0.219. The van der Waals surface area contributed by atoms with E-state index in [2.05, 4.69) is 46.6 Å². The van der Waals surface area contributed by atoms with Crippen molar-refractivity contribution in [3.8, 4) is 11.7 Å². The van der Waals surface area contributed by atoms with Crippen molar-refractivity contribution < 1.29 is 22.7 Å². The summed E-state index contributed by atoms with van der Waals surface area (Å²) < 4.78 is 48.3. The molecule has 35 heavy (non-hydrogen) atoms. The maximum absolute atomic E-state index is 13.0. The van der Waals surface area contributed by atoms with Crippen LogP contribution in [0.3, 0.4) is 0 Å². The third-order valence-corrected chi connectivity index (χ3v) is 8.36. The van der Waals surface area contributed by atoms with Crippen molar-refractivity contribution in [2.24, 2.45) is 5.41 Å². The molecule has 0 saturated heterocycles. The van der Waals surface area contributed by atoms with Gasteiger partial charge in [-0.15, -0.1) is 5.10 Å². The predicted molar refractivity (Wildman–Crippen MR) is 134 cm³/mol. The molecule has 0 unspecified atom stereocenters. The number of pyridine rings is 1. The average Bonchev–Trinajstić information content (AvgIpc) is 3.24. The van der Waals surface area contributed by atoms with E-state index in [9.17, 15) is 18.0 Å². The van der Waals surface area contributed by atoms with Crippen molar-refractivity contribution in [3.05, 3.63) is 59.4 Å². The fraction of sp³-hybridized carbons (Fsp3) is 0.348. The summed E-state index contributed by atoms with van der Waals surface area (Å²) in [5.41, 5.74) is -1.85. The van der Waals surface area contributed by atoms with Crippen LogP contribution >= 0.6 is 23.5 Å². The van der Waals surface area contributed by atoms with E-state index in [1.54, 1.807) is 0 Å². The highest BCUT2D eigenvalue weighted by molar-refractivity contribution is 7.98. The smallest absolute Gasteiger partial charge is 0.397 e. The van der Waals surface area contributed by atoms with Crippen LogP contribution in [0, 0.1) is 5.41 Å². The Bertz CT molecular complexity index is 1190. The summed E-state index contributed by atoms with van der Waals surface area (Å²) in [6, 6.07) is 12.6. The Labute approximate surface area is 212 Å². The van der Waals surface area contributed by atoms with Crippen molar-refractivity contribution in [2.45, 2.75) is 44.6 Å². The molecular formula is C23H26ClF3N4O2SSi. The van der Waals surface area contributed by atoms with Crippen molar-refractivity contribution in [1.29, 1.82) is 0 Å². The summed E-state index contributed by atoms with van der Waals surface area (Å²) in [6.07, 6.45) is -2.93. The minimum Gasteiger partial charge on any atom is -0.476 e. The lowest BCUT2D eigenvalue weighted by atomic mass is 9.94. The molecule has 2 heterocycles. The molecule has 1 aromatic carbocycles. The van der Waals surface area contributed by atoms with Gasteiger partial charge in [-0.25, -0.2) is 9.67 Å². The third kappa shape index (κ3) is 6.80. The van der Waals surface area contributed by atoms with E-state index in [0.29, 0.717) is 0 Å². The normalized spacial score (nSPS) is 12.5. The first-order valence-corrected chi connectivity index (χ1v) is 15.4. The van der Waals surface area contributed by atoms with E-state index in [0.717, 1.165) is 18.7 Å². The number of alkyl halides is 3. The number of hydrogen-bond donors (Lipinski definition) is 1. The average molecular weight is 543 g/mol. The first-order chi connectivity index (χ1) is 16.2. The number of benzene rings is 1. The Morgan fingerprint density at radius 3 is 2.34 bits per heavy atom. The van der Waals surface area contributed by atoms with Gasteiger partial charge in [0.1, 0.15) is 11.8 Å². The molecule has 6 nitrogen and oxygen atoms in total. The van der Waals surface area contributed by atoms with E-state index < -0.39 is 32.2 Å². The number of aromatic nitrogens is 3. The lowest BCUT2D eigenvalue weighted by Crippen LogP contribution is -2.37. The third-order valence-electron chi connectivity index (χ3n) is 5.21. The number of rotatable bonds is 8. The molecule has 0 aliphatic rings. The Kier molecular flexibility index (Phi) is 7.92. The molecule has 1 N–H and O–H groups in total. The second-order valence-corrected chi connectivity index (χ2v) is 15.9. The van der Waals surface area contributed by atoms with Gasteiger partial charge in [0.05, 0.1) is 19.1 Å². The molecule has 0 radical (unpaired) electrons. The monoisotopic (exact) mass is 542 g/mol. The van der Waals surface area contributed by atoms with E-state index >= 15 is 0 Å². The molecule has 188 valence electrons. The molecule has 3 aromatic rings. The number of halogens is 4. The summed E-state index contributed by atoms with van der Waals surface area (Å²) >= 11 is 7.41. The van der Waals surface area contributed by atoms with Crippen LogP contribution in [-0.4, -0.2) is 41.5 Å². The van der Waals surface area contributed by atoms with Gasteiger partial charge in [0.15, 0.2) is 5.82 Å². The van der Waals surface area contributed by atoms with Gasteiger partial charge >= 0.3 is 6.18 Å². The first kappa shape index (κ1) is 27.1. The number of carbonyl (C=O) groups excluding carboxylic acids is 1. The minimum atomic E-state index is -4.41. The van der Waals surface area contributed by atoms with Crippen LogP contribution in [0.4, 0.5) is 13.2 Å². The van der Waals surface area contributed by atoms with Gasteiger partial charge < -0.3 is 4.74 Å². The molecule has 3 rings (SSSR count). The molecule has 0 saturated carbocycles. The highest BCUT2D eigenvalue weighted by Crippen LogP contribution is 2.37. The molecule has 0 bridgehead atoms. The van der Waals surface area contributed by atoms with Crippen molar-refractivity contribution in [2.75, 3.05) is 6.61 Å². The van der Waals surface area contributed by atoms with E-state index in [4.69, 9.17) is 16.3 Å². The molecule has 0 aliphatic heterocycles. The SMILES string of the molecule is CC(C)(COc1ccn(-c2ccc(C(=O)NSc3ccc([Si](C)(C)C)cc3)c(Cl)n2)n1)C(F)(F)F. The summed E-state index contributed by atoms with van der Waals surface area (Å²) in [7, 11) is -1.40. The van der Waals surface area contributed by atoms with E-state index in [-0.39, 0.29) is 22.4 Å². The maximum Gasteiger partial charge on any atom is 0.397 e. The van der Waals surface area contributed by atoms with Crippen LogP contribution in [0.25, 0.3) is 5.82 Å². The Morgan fingerprint density at radius 2 is 1.77 bits per heavy atom. The van der Waals surface area contributed by atoms with Gasteiger partial charge in [0.2, 0.25) is 5.88 Å². The Morgan fingerprint density at radius 1 is 1.11 bits per heavy atom. The number of nitrogens with one attached hydrogen (secondary N) is 1. The van der Waals surface area contributed by atoms with Crippen molar-refractivity contribution in [3.63, 3.8) is 0 Å². The van der Waals surface area contributed by atoms with Gasteiger partial charge in [0, 0.05) is 17.2 Å². The standard InChI is InChI=1S/C23H26ClF3N4O2SSi/c1-22(2,23(25,26)27)14-33-19-12-13-31(29-19)18-11-10-17(20(24)28-18)21(32)30-34-15-6-8-16(9-7-15)35(3,4)5/h6-13H,14H2,1-5H3,(H,30,32). The number of nitrogens with zero attached hydrogens (tertiary/aromatic N) is 3. The second-order valence-electron chi connectivity index (χ2n) is 9.58. The predicted octanol–water partition coefficient (Wildman–Crippen LogP) is 5.87. The molecule has 1 amide bonds. The second kappa shape index (κ2) is 10.2. The number of ether oxygens (including phenoxy) is 1. The van der Waals surface area contributed by atoms with E-state index in [1.807, 2.05) is 12.1 Å². The van der Waals surface area contributed by atoms with Crippen LogP contribution in [0.1, 0.15) is 24.2 Å². The number of amides is 1. The van der Waals surface area contributed by atoms with E-state index in [1.165, 1.54) is 46.2 Å². The fourth-order valence-electron chi connectivity index (χ4n) is 2.75. The molecule has 0 aliphatic carbocycles. The van der Waals surface area contributed by atoms with Crippen LogP contribution < -0.4 is 14.6 Å². The zero-order valence-corrected chi connectivity index (χ0v) is 22.5. The van der Waals surface area contributed by atoms with Gasteiger partial charge in [-0.3, -0.25) is 9.52 Å². The highest BCUT2D eigenvalue weighted by atomic mass is 35.5. The summed E-state index contributed by atoms with van der Waals surface area (Å²) in [5.74, 6) is -0.114. The largest absolute Gasteiger partial charge is 0.476 e. The molecule has 12 heteroatoms. The summed E-state index contributed by atoms with van der Waals surface area (Å²) in [6.45, 7) is 8.31. The lowest BCUT2D eigenvalue weighted by molar-refractivity contribution is -0.219. The van der Waals surface area contributed by atoms with Crippen LogP contribution in [0.15, 0.2) is 53.6 Å². The topological polar surface area (TPSA) is 69.0 Å². The minimum absolute atomic E-state index is 0.0126. The molecular weight excluding hydrogens is 517 g/mol. The van der Waals surface area contributed by atoms with Crippen molar-refractivity contribution in [1.82, 2.24) is 19.5 Å². The van der Waals surface area contributed by atoms with Crippen LogP contribution in [0.5, 0.6) is 5.88 Å². The van der Waals surface area contributed by atoms with Gasteiger partial charge in [-0.05, 0) is 50.1 Å². The zero-order chi connectivity index (χ0) is 26.0.